The Morgan fingerprint density at radius 3 is 2.85 bits per heavy atom. The first-order valence-electron chi connectivity index (χ1n) is 5.84. The number of imidazole rings is 1. The van der Waals surface area contributed by atoms with Gasteiger partial charge in [0.1, 0.15) is 18.0 Å². The lowest BCUT2D eigenvalue weighted by atomic mass is 10.3. The summed E-state index contributed by atoms with van der Waals surface area (Å²) in [4.78, 5) is 12.4. The molecule has 0 radical (unpaired) electrons. The number of alkyl halides is 1. The van der Waals surface area contributed by atoms with Gasteiger partial charge in [-0.1, -0.05) is 11.6 Å². The predicted molar refractivity (Wildman–Crippen MR) is 75.4 cm³/mol. The van der Waals surface area contributed by atoms with E-state index in [-0.39, 0.29) is 10.9 Å². The molecule has 3 rings (SSSR count). The van der Waals surface area contributed by atoms with Crippen molar-refractivity contribution in [3.63, 3.8) is 0 Å². The van der Waals surface area contributed by atoms with Crippen LogP contribution < -0.4 is 0 Å². The molecule has 3 aromatic rings. The number of benzene rings is 1. The molecule has 20 heavy (non-hydrogen) atoms. The molecule has 0 saturated carbocycles. The van der Waals surface area contributed by atoms with Gasteiger partial charge in [-0.3, -0.25) is 0 Å². The third-order valence-electron chi connectivity index (χ3n) is 2.95. The molecule has 7 heteroatoms. The first-order valence-corrected chi connectivity index (χ1v) is 6.75. The maximum Gasteiger partial charge on any atom is 0.144 e. The Kier molecular flexibility index (Phi) is 3.54. The van der Waals surface area contributed by atoms with E-state index < -0.39 is 5.82 Å². The first kappa shape index (κ1) is 13.3. The van der Waals surface area contributed by atoms with E-state index in [0.29, 0.717) is 17.9 Å². The van der Waals surface area contributed by atoms with Gasteiger partial charge in [0.15, 0.2) is 0 Å². The molecule has 2 aromatic heterocycles. The highest BCUT2D eigenvalue weighted by Crippen LogP contribution is 2.25. The highest BCUT2D eigenvalue weighted by atomic mass is 35.5. The van der Waals surface area contributed by atoms with Crippen molar-refractivity contribution in [3.05, 3.63) is 53.1 Å². The maximum absolute atomic E-state index is 13.5. The summed E-state index contributed by atoms with van der Waals surface area (Å²) in [5, 5.41) is 0.0578. The van der Waals surface area contributed by atoms with E-state index in [2.05, 4.69) is 15.0 Å². The topological polar surface area (TPSA) is 43.6 Å². The van der Waals surface area contributed by atoms with Crippen LogP contribution in [0.1, 0.15) is 11.5 Å². The summed E-state index contributed by atoms with van der Waals surface area (Å²) in [7, 11) is 0. The van der Waals surface area contributed by atoms with E-state index in [0.717, 1.165) is 11.2 Å². The third kappa shape index (κ3) is 2.34. The zero-order valence-electron chi connectivity index (χ0n) is 10.2. The van der Waals surface area contributed by atoms with Crippen molar-refractivity contribution in [1.29, 1.82) is 0 Å². The number of halogens is 3. The van der Waals surface area contributed by atoms with E-state index >= 15 is 0 Å². The predicted octanol–water partition coefficient (Wildman–Crippen LogP) is 3.41. The molecule has 0 aliphatic heterocycles. The van der Waals surface area contributed by atoms with Crippen molar-refractivity contribution in [2.75, 3.05) is 0 Å². The number of aromatic nitrogens is 4. The molecule has 0 N–H and O–H groups in total. The lowest BCUT2D eigenvalue weighted by Gasteiger charge is -2.07. The molecule has 0 amide bonds. The minimum atomic E-state index is -0.494. The van der Waals surface area contributed by atoms with Crippen LogP contribution in [0, 0.1) is 5.82 Å². The fourth-order valence-corrected chi connectivity index (χ4v) is 2.38. The zero-order chi connectivity index (χ0) is 14.1. The molecular weight excluding hydrogens is 302 g/mol. The van der Waals surface area contributed by atoms with Gasteiger partial charge in [-0.05, 0) is 12.1 Å². The van der Waals surface area contributed by atoms with Crippen LogP contribution in [0.25, 0.3) is 11.0 Å². The molecular formula is C13H9Cl2FN4. The summed E-state index contributed by atoms with van der Waals surface area (Å²) in [6.07, 6.45) is 3.13. The van der Waals surface area contributed by atoms with Crippen LogP contribution in [0.3, 0.4) is 0 Å². The largest absolute Gasteiger partial charge is 0.321 e. The Bertz CT molecular complexity index is 758. The second-order valence-corrected chi connectivity index (χ2v) is 4.88. The van der Waals surface area contributed by atoms with Crippen molar-refractivity contribution in [1.82, 2.24) is 19.5 Å². The highest BCUT2D eigenvalue weighted by Gasteiger charge is 2.13. The maximum atomic E-state index is 13.5. The van der Waals surface area contributed by atoms with Gasteiger partial charge in [0, 0.05) is 12.3 Å². The molecule has 4 nitrogen and oxygen atoms in total. The van der Waals surface area contributed by atoms with Crippen LogP contribution in [-0.2, 0) is 12.4 Å². The Hall–Kier alpha value is -1.72. The van der Waals surface area contributed by atoms with Gasteiger partial charge in [0.25, 0.3) is 0 Å². The minimum absolute atomic E-state index is 0.0578. The number of rotatable bonds is 3. The van der Waals surface area contributed by atoms with Crippen LogP contribution in [0.4, 0.5) is 4.39 Å². The van der Waals surface area contributed by atoms with Crippen molar-refractivity contribution >= 4 is 34.2 Å². The molecule has 0 spiro atoms. The quantitative estimate of drug-likeness (QED) is 0.696. The molecule has 0 fully saturated rings. The molecule has 0 aliphatic rings. The van der Waals surface area contributed by atoms with E-state index in [1.54, 1.807) is 18.3 Å². The summed E-state index contributed by atoms with van der Waals surface area (Å²) >= 11 is 11.7. The molecule has 2 heterocycles. The van der Waals surface area contributed by atoms with Crippen LogP contribution in [-0.4, -0.2) is 19.5 Å². The van der Waals surface area contributed by atoms with Crippen LogP contribution in [0.2, 0.25) is 5.02 Å². The standard InChI is InChI=1S/C13H9Cl2FN4/c14-5-13-19-11-4-10(16)9(15)3-12(11)20(13)6-8-1-2-17-7-18-8/h1-4,7H,5-6H2. The molecule has 102 valence electrons. The number of hydrogen-bond donors (Lipinski definition) is 0. The van der Waals surface area contributed by atoms with Gasteiger partial charge in [0.05, 0.1) is 34.2 Å². The van der Waals surface area contributed by atoms with Crippen molar-refractivity contribution in [3.8, 4) is 0 Å². The lowest BCUT2D eigenvalue weighted by Crippen LogP contribution is -2.05. The van der Waals surface area contributed by atoms with Gasteiger partial charge in [-0.25, -0.2) is 19.3 Å². The third-order valence-corrected chi connectivity index (χ3v) is 3.48. The summed E-state index contributed by atoms with van der Waals surface area (Å²) < 4.78 is 15.4. The van der Waals surface area contributed by atoms with E-state index in [4.69, 9.17) is 23.2 Å². The number of hydrogen-bond acceptors (Lipinski definition) is 3. The van der Waals surface area contributed by atoms with Crippen LogP contribution >= 0.6 is 23.2 Å². The van der Waals surface area contributed by atoms with Crippen LogP contribution in [0.15, 0.2) is 30.7 Å². The number of nitrogens with zero attached hydrogens (tertiary/aromatic N) is 4. The van der Waals surface area contributed by atoms with Crippen molar-refractivity contribution in [2.45, 2.75) is 12.4 Å². The summed E-state index contributed by atoms with van der Waals surface area (Å²) in [6.45, 7) is 0.475. The van der Waals surface area contributed by atoms with Gasteiger partial charge < -0.3 is 4.57 Å². The lowest BCUT2D eigenvalue weighted by molar-refractivity contribution is 0.629. The molecule has 0 bridgehead atoms. The average Bonchev–Trinajstić information content (AvgIpc) is 2.78. The molecule has 0 atom stereocenters. The van der Waals surface area contributed by atoms with Gasteiger partial charge in [-0.15, -0.1) is 11.6 Å². The Balaban J connectivity index is 2.15. The van der Waals surface area contributed by atoms with E-state index in [1.807, 2.05) is 4.57 Å². The Morgan fingerprint density at radius 1 is 1.30 bits per heavy atom. The fourth-order valence-electron chi connectivity index (χ4n) is 2.02. The SMILES string of the molecule is Fc1cc2nc(CCl)n(Cc3ccncn3)c2cc1Cl. The molecule has 0 saturated heterocycles. The molecule has 0 aliphatic carbocycles. The van der Waals surface area contributed by atoms with Gasteiger partial charge in [-0.2, -0.15) is 0 Å². The Labute approximate surface area is 124 Å². The first-order chi connectivity index (χ1) is 9.69. The second-order valence-electron chi connectivity index (χ2n) is 4.20. The van der Waals surface area contributed by atoms with E-state index in [9.17, 15) is 4.39 Å². The summed E-state index contributed by atoms with van der Waals surface area (Å²) in [6, 6.07) is 4.66. The minimum Gasteiger partial charge on any atom is -0.321 e. The molecule has 0 unspecified atom stereocenters. The highest BCUT2D eigenvalue weighted by molar-refractivity contribution is 6.31. The van der Waals surface area contributed by atoms with E-state index in [1.165, 1.54) is 12.4 Å². The smallest absolute Gasteiger partial charge is 0.144 e. The van der Waals surface area contributed by atoms with Gasteiger partial charge >= 0.3 is 0 Å². The normalized spacial score (nSPS) is 11.2. The molecule has 1 aromatic carbocycles. The fraction of sp³-hybridized carbons (Fsp3) is 0.154. The number of fused-ring (bicyclic) bond motifs is 1. The van der Waals surface area contributed by atoms with Gasteiger partial charge in [0.2, 0.25) is 0 Å². The van der Waals surface area contributed by atoms with Crippen LogP contribution in [0.5, 0.6) is 0 Å². The second kappa shape index (κ2) is 5.34. The monoisotopic (exact) mass is 310 g/mol. The summed E-state index contributed by atoms with van der Waals surface area (Å²) in [5.74, 6) is 0.368. The Morgan fingerprint density at radius 2 is 2.15 bits per heavy atom. The van der Waals surface area contributed by atoms with Crippen molar-refractivity contribution < 1.29 is 4.39 Å². The van der Waals surface area contributed by atoms with Crippen molar-refractivity contribution in [2.24, 2.45) is 0 Å². The summed E-state index contributed by atoms with van der Waals surface area (Å²) in [5.41, 5.74) is 2.06. The average molecular weight is 311 g/mol. The zero-order valence-corrected chi connectivity index (χ0v) is 11.7.